The maximum Gasteiger partial charge on any atom is 0.271 e. The van der Waals surface area contributed by atoms with Gasteiger partial charge in [-0.2, -0.15) is 0 Å². The highest BCUT2D eigenvalue weighted by atomic mass is 32.2. The van der Waals surface area contributed by atoms with Crippen molar-refractivity contribution in [3.63, 3.8) is 0 Å². The van der Waals surface area contributed by atoms with Crippen LogP contribution in [0.5, 0.6) is 5.75 Å². The van der Waals surface area contributed by atoms with Crippen LogP contribution in [0.2, 0.25) is 0 Å². The minimum absolute atomic E-state index is 0.0218. The first-order valence-corrected chi connectivity index (χ1v) is 9.26. The minimum Gasteiger partial charge on any atom is -0.495 e. The first-order valence-electron chi connectivity index (χ1n) is 8.28. The molecule has 0 saturated carbocycles. The third-order valence-electron chi connectivity index (χ3n) is 3.57. The Bertz CT molecular complexity index is 884. The number of nitrogens with one attached hydrogen (secondary N) is 2. The first-order chi connectivity index (χ1) is 12.9. The molecular formula is C17H20N4O5S. The number of aromatic amines is 1. The number of hydrogen-bond donors (Lipinski definition) is 2. The molecule has 0 spiro atoms. The SMILES string of the molecule is CCCCc1cc(=O)[nH]c(SCC(=O)Nc2cc([N+](=O)[O-])ccc2OC)n1. The molecule has 1 amide bonds. The molecule has 0 aliphatic heterocycles. The molecule has 144 valence electrons. The number of ether oxygens (including phenoxy) is 1. The number of nitro groups is 1. The largest absolute Gasteiger partial charge is 0.495 e. The lowest BCUT2D eigenvalue weighted by atomic mass is 10.2. The van der Waals surface area contributed by atoms with Gasteiger partial charge in [-0.1, -0.05) is 25.1 Å². The van der Waals surface area contributed by atoms with Gasteiger partial charge >= 0.3 is 0 Å². The van der Waals surface area contributed by atoms with Gasteiger partial charge in [0.2, 0.25) is 5.91 Å². The molecular weight excluding hydrogens is 372 g/mol. The van der Waals surface area contributed by atoms with Crippen molar-refractivity contribution < 1.29 is 14.5 Å². The summed E-state index contributed by atoms with van der Waals surface area (Å²) in [5.41, 5.74) is 0.465. The number of rotatable bonds is 9. The molecule has 9 nitrogen and oxygen atoms in total. The number of nitrogens with zero attached hydrogens (tertiary/aromatic N) is 2. The fourth-order valence-electron chi connectivity index (χ4n) is 2.27. The quantitative estimate of drug-likeness (QED) is 0.291. The molecule has 2 rings (SSSR count). The minimum atomic E-state index is -0.555. The summed E-state index contributed by atoms with van der Waals surface area (Å²) in [6.45, 7) is 2.05. The van der Waals surface area contributed by atoms with Crippen molar-refractivity contribution in [1.29, 1.82) is 0 Å². The summed E-state index contributed by atoms with van der Waals surface area (Å²) < 4.78 is 5.11. The number of H-pyrrole nitrogens is 1. The molecule has 1 aromatic heterocycles. The molecule has 1 heterocycles. The highest BCUT2D eigenvalue weighted by molar-refractivity contribution is 7.99. The van der Waals surface area contributed by atoms with Crippen LogP contribution < -0.4 is 15.6 Å². The molecule has 0 fully saturated rings. The van der Waals surface area contributed by atoms with E-state index < -0.39 is 10.8 Å². The number of amides is 1. The van der Waals surface area contributed by atoms with Crippen molar-refractivity contribution in [2.24, 2.45) is 0 Å². The summed E-state index contributed by atoms with van der Waals surface area (Å²) in [7, 11) is 1.40. The van der Waals surface area contributed by atoms with E-state index in [1.165, 1.54) is 31.4 Å². The van der Waals surface area contributed by atoms with Crippen molar-refractivity contribution in [1.82, 2.24) is 9.97 Å². The van der Waals surface area contributed by atoms with Crippen LogP contribution in [0, 0.1) is 10.1 Å². The third kappa shape index (κ3) is 6.10. The molecule has 0 aliphatic rings. The summed E-state index contributed by atoms with van der Waals surface area (Å²) in [5, 5.41) is 13.8. The summed E-state index contributed by atoms with van der Waals surface area (Å²) in [6.07, 6.45) is 2.61. The average Bonchev–Trinajstić information content (AvgIpc) is 2.64. The van der Waals surface area contributed by atoms with Gasteiger partial charge < -0.3 is 15.0 Å². The number of aromatic nitrogens is 2. The van der Waals surface area contributed by atoms with Gasteiger partial charge in [0.25, 0.3) is 11.2 Å². The van der Waals surface area contributed by atoms with Crippen molar-refractivity contribution in [2.45, 2.75) is 31.3 Å². The normalized spacial score (nSPS) is 10.4. The van der Waals surface area contributed by atoms with Crippen LogP contribution in [-0.4, -0.2) is 33.7 Å². The van der Waals surface area contributed by atoms with E-state index in [0.717, 1.165) is 24.6 Å². The second kappa shape index (κ2) is 9.72. The number of non-ortho nitro benzene ring substituents is 1. The number of carbonyl (C=O) groups excluding carboxylic acids is 1. The van der Waals surface area contributed by atoms with Crippen molar-refractivity contribution in [3.8, 4) is 5.75 Å². The molecule has 0 saturated heterocycles. The zero-order chi connectivity index (χ0) is 19.8. The second-order valence-electron chi connectivity index (χ2n) is 5.62. The van der Waals surface area contributed by atoms with Crippen LogP contribution in [0.3, 0.4) is 0 Å². The highest BCUT2D eigenvalue weighted by Crippen LogP contribution is 2.29. The van der Waals surface area contributed by atoms with Crippen LogP contribution in [0.1, 0.15) is 25.5 Å². The molecule has 2 N–H and O–H groups in total. The summed E-state index contributed by atoms with van der Waals surface area (Å²) >= 11 is 1.08. The Morgan fingerprint density at radius 2 is 2.19 bits per heavy atom. The number of carbonyl (C=O) groups is 1. The van der Waals surface area contributed by atoms with Crippen LogP contribution in [-0.2, 0) is 11.2 Å². The zero-order valence-electron chi connectivity index (χ0n) is 15.0. The van der Waals surface area contributed by atoms with Crippen LogP contribution >= 0.6 is 11.8 Å². The highest BCUT2D eigenvalue weighted by Gasteiger charge is 2.14. The molecule has 0 unspecified atom stereocenters. The van der Waals surface area contributed by atoms with Crippen molar-refractivity contribution in [2.75, 3.05) is 18.2 Å². The van der Waals surface area contributed by atoms with Crippen LogP contribution in [0.25, 0.3) is 0 Å². The number of hydrogen-bond acceptors (Lipinski definition) is 7. The van der Waals surface area contributed by atoms with Gasteiger partial charge in [0.1, 0.15) is 5.75 Å². The maximum atomic E-state index is 12.2. The number of thioether (sulfide) groups is 1. The van der Waals surface area contributed by atoms with Gasteiger partial charge in [-0.15, -0.1) is 0 Å². The fraction of sp³-hybridized carbons (Fsp3) is 0.353. The molecule has 2 aromatic rings. The fourth-order valence-corrected chi connectivity index (χ4v) is 2.96. The van der Waals surface area contributed by atoms with Gasteiger partial charge in [-0.3, -0.25) is 19.7 Å². The predicted molar refractivity (Wildman–Crippen MR) is 102 cm³/mol. The van der Waals surface area contributed by atoms with E-state index in [2.05, 4.69) is 22.2 Å². The van der Waals surface area contributed by atoms with Gasteiger partial charge in [0.05, 0.1) is 23.5 Å². The Labute approximate surface area is 159 Å². The van der Waals surface area contributed by atoms with Crippen molar-refractivity contribution in [3.05, 3.63) is 50.4 Å². The smallest absolute Gasteiger partial charge is 0.271 e. The zero-order valence-corrected chi connectivity index (χ0v) is 15.8. The Morgan fingerprint density at radius 3 is 2.85 bits per heavy atom. The molecule has 10 heteroatoms. The van der Waals surface area contributed by atoms with E-state index in [1.807, 2.05) is 0 Å². The molecule has 0 atom stereocenters. The van der Waals surface area contributed by atoms with Crippen LogP contribution in [0.4, 0.5) is 11.4 Å². The van der Waals surface area contributed by atoms with E-state index in [9.17, 15) is 19.7 Å². The Kier molecular flexibility index (Phi) is 7.35. The average molecular weight is 392 g/mol. The lowest BCUT2D eigenvalue weighted by Gasteiger charge is -2.10. The number of unbranched alkanes of at least 4 members (excludes halogenated alkanes) is 1. The Hall–Kier alpha value is -2.88. The van der Waals surface area contributed by atoms with Crippen LogP contribution in [0.15, 0.2) is 34.2 Å². The molecule has 27 heavy (non-hydrogen) atoms. The van der Waals surface area contributed by atoms with E-state index in [4.69, 9.17) is 4.74 Å². The van der Waals surface area contributed by atoms with E-state index >= 15 is 0 Å². The predicted octanol–water partition coefficient (Wildman–Crippen LogP) is 2.76. The molecule has 0 radical (unpaired) electrons. The number of methoxy groups -OCH3 is 1. The summed E-state index contributed by atoms with van der Waals surface area (Å²) in [5.74, 6) is -0.112. The van der Waals surface area contributed by atoms with Gasteiger partial charge in [0, 0.05) is 23.9 Å². The van der Waals surface area contributed by atoms with Gasteiger partial charge in [-0.25, -0.2) is 4.98 Å². The van der Waals surface area contributed by atoms with Gasteiger partial charge in [0.15, 0.2) is 5.16 Å². The maximum absolute atomic E-state index is 12.2. The number of benzene rings is 1. The first kappa shape index (κ1) is 20.4. The van der Waals surface area contributed by atoms with E-state index in [1.54, 1.807) is 0 Å². The number of anilines is 1. The lowest BCUT2D eigenvalue weighted by Crippen LogP contribution is -2.16. The molecule has 1 aromatic carbocycles. The standard InChI is InChI=1S/C17H20N4O5S/c1-3-4-5-11-8-15(22)20-17(18-11)27-10-16(23)19-13-9-12(21(24)25)6-7-14(13)26-2/h6-9H,3-5,10H2,1-2H3,(H,19,23)(H,18,20,22). The summed E-state index contributed by atoms with van der Waals surface area (Å²) in [6, 6.07) is 5.39. The molecule has 0 aliphatic carbocycles. The third-order valence-corrected chi connectivity index (χ3v) is 4.44. The summed E-state index contributed by atoms with van der Waals surface area (Å²) in [4.78, 5) is 41.2. The number of nitro benzene ring substituents is 1. The lowest BCUT2D eigenvalue weighted by molar-refractivity contribution is -0.384. The number of aryl methyl sites for hydroxylation is 1. The molecule has 0 bridgehead atoms. The monoisotopic (exact) mass is 392 g/mol. The Morgan fingerprint density at radius 1 is 1.41 bits per heavy atom. The second-order valence-corrected chi connectivity index (χ2v) is 6.59. The van der Waals surface area contributed by atoms with E-state index in [-0.39, 0.29) is 22.7 Å². The van der Waals surface area contributed by atoms with E-state index in [0.29, 0.717) is 23.0 Å². The van der Waals surface area contributed by atoms with Crippen molar-refractivity contribution >= 4 is 29.0 Å². The Balaban J connectivity index is 2.04. The topological polar surface area (TPSA) is 127 Å². The van der Waals surface area contributed by atoms with Gasteiger partial charge in [-0.05, 0) is 18.9 Å².